The first-order valence-electron chi connectivity index (χ1n) is 8.55. The molecule has 0 N–H and O–H groups in total. The highest BCUT2D eigenvalue weighted by molar-refractivity contribution is 6.00. The zero-order chi connectivity index (χ0) is 20.7. The zero-order valence-electron chi connectivity index (χ0n) is 17.1. The van der Waals surface area contributed by atoms with Crippen LogP contribution in [0.1, 0.15) is 61.8 Å². The fraction of sp³-hybridized carbons (Fsp3) is 0.833. The lowest BCUT2D eigenvalue weighted by Crippen LogP contribution is -2.58. The highest BCUT2D eigenvalue weighted by Gasteiger charge is 2.82. The molecule has 0 aliphatic heterocycles. The molecule has 0 aromatic heterocycles. The molecule has 2 atom stereocenters. The van der Waals surface area contributed by atoms with E-state index in [-0.39, 0.29) is 6.42 Å². The average molecular weight is 375 g/mol. The Kier molecular flexibility index (Phi) is 5.72. The summed E-state index contributed by atoms with van der Waals surface area (Å²) in [6, 6.07) is 0. The van der Waals surface area contributed by atoms with E-state index in [1.54, 1.807) is 55.4 Å². The second kappa shape index (κ2) is 6.70. The quantitative estimate of drug-likeness (QED) is 0.551. The maximum absolute atomic E-state index is 15.5. The number of carbonyl (C=O) groups excluding carboxylic acids is 3. The topological polar surface area (TPSA) is 82.1 Å². The van der Waals surface area contributed by atoms with Gasteiger partial charge in [0.15, 0.2) is 11.2 Å². The highest BCUT2D eigenvalue weighted by atomic mass is 19.1. The molecule has 1 rings (SSSR count). The van der Waals surface area contributed by atoms with Crippen molar-refractivity contribution in [1.29, 1.82) is 0 Å². The van der Waals surface area contributed by atoms with E-state index in [1.807, 2.05) is 0 Å². The smallest absolute Gasteiger partial charge is 0.420 e. The van der Waals surface area contributed by atoms with Gasteiger partial charge in [0, 0.05) is 6.42 Å². The van der Waals surface area contributed by atoms with E-state index in [9.17, 15) is 14.4 Å². The standard InChI is InChI=1S/C18H30FNO6/c1-11(2)17(19)10-18(17,12(21)24-9)20(13(22)25-15(3,4)5)14(23)26-16(6,7)8/h11H,10H2,1-9H3/t17-,18-/m1/s1. The fourth-order valence-corrected chi connectivity index (χ4v) is 2.78. The SMILES string of the molecule is COC(=O)[C@]1(N(C(=O)OC(C)(C)C)C(=O)OC(C)(C)C)C[C@@]1(F)C(C)C. The van der Waals surface area contributed by atoms with Gasteiger partial charge < -0.3 is 14.2 Å². The van der Waals surface area contributed by atoms with Crippen molar-refractivity contribution < 1.29 is 33.0 Å². The van der Waals surface area contributed by atoms with Crippen LogP contribution in [0.5, 0.6) is 0 Å². The summed E-state index contributed by atoms with van der Waals surface area (Å²) in [5.41, 5.74) is -6.16. The Hall–Kier alpha value is -1.86. The van der Waals surface area contributed by atoms with Crippen molar-refractivity contribution in [2.45, 2.75) is 84.2 Å². The molecule has 0 heterocycles. The van der Waals surface area contributed by atoms with Crippen LogP contribution in [0.2, 0.25) is 0 Å². The van der Waals surface area contributed by atoms with Gasteiger partial charge >= 0.3 is 18.2 Å². The monoisotopic (exact) mass is 375 g/mol. The highest BCUT2D eigenvalue weighted by Crippen LogP contribution is 2.60. The molecular weight excluding hydrogens is 345 g/mol. The van der Waals surface area contributed by atoms with Crippen LogP contribution in [0.4, 0.5) is 14.0 Å². The van der Waals surface area contributed by atoms with Crippen LogP contribution in [-0.2, 0) is 19.0 Å². The maximum Gasteiger partial charge on any atom is 0.420 e. The molecular formula is C18H30FNO6. The Morgan fingerprint density at radius 3 is 1.58 bits per heavy atom. The average Bonchev–Trinajstić information content (AvgIpc) is 3.02. The molecule has 0 spiro atoms. The Labute approximate surface area is 154 Å². The molecule has 8 heteroatoms. The molecule has 1 fully saturated rings. The summed E-state index contributed by atoms with van der Waals surface area (Å²) in [6.45, 7) is 12.7. The van der Waals surface area contributed by atoms with Crippen molar-refractivity contribution >= 4 is 18.2 Å². The number of methoxy groups -OCH3 is 1. The summed E-state index contributed by atoms with van der Waals surface area (Å²) in [5, 5.41) is 0. The molecule has 0 unspecified atom stereocenters. The van der Waals surface area contributed by atoms with Gasteiger partial charge in [0.05, 0.1) is 7.11 Å². The minimum Gasteiger partial charge on any atom is -0.467 e. The van der Waals surface area contributed by atoms with Gasteiger partial charge in [0.2, 0.25) is 0 Å². The third-order valence-corrected chi connectivity index (χ3v) is 4.05. The van der Waals surface area contributed by atoms with Gasteiger partial charge in [-0.3, -0.25) is 0 Å². The maximum atomic E-state index is 15.5. The number of amides is 2. The summed E-state index contributed by atoms with van der Waals surface area (Å²) >= 11 is 0. The number of imide groups is 1. The number of rotatable bonds is 3. The third-order valence-electron chi connectivity index (χ3n) is 4.05. The first kappa shape index (κ1) is 22.2. The Morgan fingerprint density at radius 2 is 1.35 bits per heavy atom. The van der Waals surface area contributed by atoms with E-state index >= 15 is 4.39 Å². The van der Waals surface area contributed by atoms with Crippen molar-refractivity contribution in [3.05, 3.63) is 0 Å². The first-order valence-corrected chi connectivity index (χ1v) is 8.55. The van der Waals surface area contributed by atoms with Gasteiger partial charge in [0.25, 0.3) is 0 Å². The van der Waals surface area contributed by atoms with Crippen molar-refractivity contribution in [1.82, 2.24) is 4.90 Å². The van der Waals surface area contributed by atoms with Crippen LogP contribution in [0, 0.1) is 5.92 Å². The fourth-order valence-electron chi connectivity index (χ4n) is 2.78. The van der Waals surface area contributed by atoms with Crippen molar-refractivity contribution in [3.63, 3.8) is 0 Å². The number of carbonyl (C=O) groups is 3. The summed E-state index contributed by atoms with van der Waals surface area (Å²) in [5.74, 6) is -1.67. The largest absolute Gasteiger partial charge is 0.467 e. The van der Waals surface area contributed by atoms with Crippen molar-refractivity contribution in [2.24, 2.45) is 5.92 Å². The predicted molar refractivity (Wildman–Crippen MR) is 92.3 cm³/mol. The normalized spacial score (nSPS) is 25.5. The second-order valence-electron chi connectivity index (χ2n) is 8.84. The Balaban J connectivity index is 3.44. The lowest BCUT2D eigenvalue weighted by Gasteiger charge is -2.34. The van der Waals surface area contributed by atoms with Gasteiger partial charge in [-0.2, -0.15) is 4.90 Å². The molecule has 0 radical (unpaired) electrons. The third kappa shape index (κ3) is 4.10. The van der Waals surface area contributed by atoms with Gasteiger partial charge in [-0.15, -0.1) is 0 Å². The van der Waals surface area contributed by atoms with E-state index in [1.165, 1.54) is 0 Å². The molecule has 1 aliphatic carbocycles. The van der Waals surface area contributed by atoms with Crippen LogP contribution in [0.15, 0.2) is 0 Å². The van der Waals surface area contributed by atoms with Gasteiger partial charge in [-0.1, -0.05) is 13.8 Å². The van der Waals surface area contributed by atoms with E-state index < -0.39 is 46.5 Å². The number of nitrogens with zero attached hydrogens (tertiary/aromatic N) is 1. The minimum absolute atomic E-state index is 0.372. The molecule has 7 nitrogen and oxygen atoms in total. The minimum atomic E-state index is -2.13. The predicted octanol–water partition coefficient (Wildman–Crippen LogP) is 3.84. The summed E-state index contributed by atoms with van der Waals surface area (Å²) in [6.07, 6.45) is -2.68. The molecule has 0 aromatic rings. The molecule has 2 amide bonds. The Morgan fingerprint density at radius 1 is 0.962 bits per heavy atom. The molecule has 26 heavy (non-hydrogen) atoms. The van der Waals surface area contributed by atoms with Gasteiger partial charge in [-0.25, -0.2) is 18.8 Å². The number of ether oxygens (including phenoxy) is 3. The summed E-state index contributed by atoms with van der Waals surface area (Å²) < 4.78 is 30.7. The zero-order valence-corrected chi connectivity index (χ0v) is 17.1. The number of esters is 1. The van der Waals surface area contributed by atoms with E-state index in [0.717, 1.165) is 7.11 Å². The van der Waals surface area contributed by atoms with Crippen LogP contribution >= 0.6 is 0 Å². The van der Waals surface area contributed by atoms with Crippen LogP contribution in [-0.4, -0.2) is 52.6 Å². The van der Waals surface area contributed by atoms with Crippen LogP contribution in [0.3, 0.4) is 0 Å². The molecule has 1 aliphatic rings. The summed E-state index contributed by atoms with van der Waals surface area (Å²) in [4.78, 5) is 38.4. The first-order chi connectivity index (χ1) is 11.5. The summed E-state index contributed by atoms with van der Waals surface area (Å²) in [7, 11) is 1.07. The lowest BCUT2D eigenvalue weighted by molar-refractivity contribution is -0.151. The number of halogens is 1. The van der Waals surface area contributed by atoms with Gasteiger partial charge in [-0.05, 0) is 47.5 Å². The van der Waals surface area contributed by atoms with Gasteiger partial charge in [0.1, 0.15) is 11.2 Å². The molecule has 0 aromatic carbocycles. The van der Waals surface area contributed by atoms with Crippen molar-refractivity contribution in [2.75, 3.05) is 7.11 Å². The molecule has 0 saturated heterocycles. The number of hydrogen-bond donors (Lipinski definition) is 0. The number of hydrogen-bond acceptors (Lipinski definition) is 6. The van der Waals surface area contributed by atoms with E-state index in [2.05, 4.69) is 0 Å². The van der Waals surface area contributed by atoms with E-state index in [4.69, 9.17) is 14.2 Å². The second-order valence-corrected chi connectivity index (χ2v) is 8.84. The molecule has 1 saturated carbocycles. The molecule has 0 bridgehead atoms. The Bertz CT molecular complexity index is 563. The van der Waals surface area contributed by atoms with Crippen molar-refractivity contribution in [3.8, 4) is 0 Å². The lowest BCUT2D eigenvalue weighted by atomic mass is 10.00. The number of alkyl halides is 1. The van der Waals surface area contributed by atoms with Crippen LogP contribution < -0.4 is 0 Å². The molecule has 150 valence electrons. The van der Waals surface area contributed by atoms with E-state index in [0.29, 0.717) is 4.90 Å². The van der Waals surface area contributed by atoms with Crippen LogP contribution in [0.25, 0.3) is 0 Å².